The Morgan fingerprint density at radius 1 is 1.55 bits per heavy atom. The first kappa shape index (κ1) is 11.3. The zero-order chi connectivity index (χ0) is 8.53. The van der Waals surface area contributed by atoms with E-state index in [2.05, 4.69) is 12.2 Å². The molecule has 0 bridgehead atoms. The predicted octanol–water partition coefficient (Wildman–Crippen LogP) is 1.10. The summed E-state index contributed by atoms with van der Waals surface area (Å²) >= 11 is 1.96. The van der Waals surface area contributed by atoms with Gasteiger partial charge in [-0.1, -0.05) is 6.92 Å². The summed E-state index contributed by atoms with van der Waals surface area (Å²) in [6.07, 6.45) is 1.20. The topological polar surface area (TPSA) is 32.3 Å². The van der Waals surface area contributed by atoms with Crippen LogP contribution in [-0.2, 0) is 0 Å². The Balaban J connectivity index is 2.89. The summed E-state index contributed by atoms with van der Waals surface area (Å²) in [6, 6.07) is 0.252. The van der Waals surface area contributed by atoms with Crippen molar-refractivity contribution >= 4 is 11.8 Å². The Morgan fingerprint density at radius 2 is 2.27 bits per heavy atom. The molecule has 0 radical (unpaired) electrons. The van der Waals surface area contributed by atoms with Crippen LogP contribution < -0.4 is 5.32 Å². The zero-order valence-electron chi connectivity index (χ0n) is 7.47. The molecular formula is C8H19NOS. The maximum atomic E-state index is 8.67. The fourth-order valence-corrected chi connectivity index (χ4v) is 1.37. The first-order valence-corrected chi connectivity index (χ1v) is 5.38. The van der Waals surface area contributed by atoms with Gasteiger partial charge in [-0.2, -0.15) is 11.8 Å². The van der Waals surface area contributed by atoms with Crippen LogP contribution in [0.1, 0.15) is 20.3 Å². The lowest BCUT2D eigenvalue weighted by atomic mass is 10.3. The molecule has 68 valence electrons. The lowest BCUT2D eigenvalue weighted by Crippen LogP contribution is -2.30. The largest absolute Gasteiger partial charge is 0.395 e. The number of hydrogen-bond donors (Lipinski definition) is 2. The summed E-state index contributed by atoms with van der Waals surface area (Å²) in [5, 5.41) is 11.9. The number of rotatable bonds is 7. The van der Waals surface area contributed by atoms with E-state index in [4.69, 9.17) is 5.11 Å². The number of aliphatic hydroxyl groups excluding tert-OH is 1. The smallest absolute Gasteiger partial charge is 0.0581 e. The molecule has 1 atom stereocenters. The van der Waals surface area contributed by atoms with E-state index in [9.17, 15) is 0 Å². The van der Waals surface area contributed by atoms with Gasteiger partial charge >= 0.3 is 0 Å². The molecule has 0 aliphatic heterocycles. The highest BCUT2D eigenvalue weighted by Crippen LogP contribution is 1.99. The van der Waals surface area contributed by atoms with Crippen molar-refractivity contribution in [3.05, 3.63) is 0 Å². The minimum absolute atomic E-state index is 0.237. The Bertz CT molecular complexity index is 80.5. The molecule has 11 heavy (non-hydrogen) atoms. The Hall–Kier alpha value is 0.270. The molecule has 0 aromatic heterocycles. The molecule has 0 spiro atoms. The van der Waals surface area contributed by atoms with Crippen LogP contribution in [0.3, 0.4) is 0 Å². The molecule has 0 saturated carbocycles. The summed E-state index contributed by atoms with van der Waals surface area (Å²) in [6.45, 7) is 5.43. The first-order chi connectivity index (χ1) is 5.31. The third-order valence-electron chi connectivity index (χ3n) is 1.44. The van der Waals surface area contributed by atoms with Crippen molar-refractivity contribution in [3.63, 3.8) is 0 Å². The van der Waals surface area contributed by atoms with Crippen molar-refractivity contribution < 1.29 is 5.11 Å². The van der Waals surface area contributed by atoms with Gasteiger partial charge in [-0.15, -0.1) is 0 Å². The minimum Gasteiger partial charge on any atom is -0.395 e. The highest BCUT2D eigenvalue weighted by molar-refractivity contribution is 7.99. The fraction of sp³-hybridized carbons (Fsp3) is 1.00. The molecule has 0 aliphatic carbocycles. The Kier molecular flexibility index (Phi) is 8.57. The van der Waals surface area contributed by atoms with E-state index in [-0.39, 0.29) is 12.6 Å². The lowest BCUT2D eigenvalue weighted by Gasteiger charge is -2.09. The second-order valence-corrected chi connectivity index (χ2v) is 3.98. The highest BCUT2D eigenvalue weighted by atomic mass is 32.2. The van der Waals surface area contributed by atoms with Crippen molar-refractivity contribution in [2.75, 3.05) is 24.7 Å². The number of thioether (sulfide) groups is 1. The van der Waals surface area contributed by atoms with Crippen molar-refractivity contribution in [1.29, 1.82) is 0 Å². The molecule has 0 unspecified atom stereocenters. The fourth-order valence-electron chi connectivity index (χ4n) is 0.732. The van der Waals surface area contributed by atoms with Gasteiger partial charge in [-0.25, -0.2) is 0 Å². The molecule has 0 saturated heterocycles. The van der Waals surface area contributed by atoms with Gasteiger partial charge in [0.05, 0.1) is 6.61 Å². The third-order valence-corrected chi connectivity index (χ3v) is 2.42. The average molecular weight is 177 g/mol. The van der Waals surface area contributed by atoms with Crippen LogP contribution in [0, 0.1) is 0 Å². The van der Waals surface area contributed by atoms with Crippen LogP contribution in [0.5, 0.6) is 0 Å². The molecule has 3 heteroatoms. The number of nitrogens with one attached hydrogen (secondary N) is 1. The van der Waals surface area contributed by atoms with Crippen LogP contribution in [0.25, 0.3) is 0 Å². The monoisotopic (exact) mass is 177 g/mol. The normalized spacial score (nSPS) is 13.4. The summed E-state index contributed by atoms with van der Waals surface area (Å²) in [5.41, 5.74) is 0. The highest BCUT2D eigenvalue weighted by Gasteiger charge is 1.95. The second kappa shape index (κ2) is 8.37. The van der Waals surface area contributed by atoms with Gasteiger partial charge in [-0.05, 0) is 31.4 Å². The van der Waals surface area contributed by atoms with Crippen molar-refractivity contribution in [2.24, 2.45) is 0 Å². The molecule has 2 N–H and O–H groups in total. The Morgan fingerprint density at radius 3 is 2.82 bits per heavy atom. The molecule has 2 nitrogen and oxygen atoms in total. The quantitative estimate of drug-likeness (QED) is 0.571. The SMILES string of the molecule is CCSCCCN[C@@H](C)CO. The molecular weight excluding hydrogens is 158 g/mol. The molecule has 0 aliphatic rings. The van der Waals surface area contributed by atoms with E-state index in [0.717, 1.165) is 6.54 Å². The van der Waals surface area contributed by atoms with E-state index in [0.29, 0.717) is 0 Å². The lowest BCUT2D eigenvalue weighted by molar-refractivity contribution is 0.252. The minimum atomic E-state index is 0.237. The van der Waals surface area contributed by atoms with Gasteiger partial charge < -0.3 is 10.4 Å². The number of hydrogen-bond acceptors (Lipinski definition) is 3. The van der Waals surface area contributed by atoms with Gasteiger partial charge in [0.1, 0.15) is 0 Å². The molecule has 0 rings (SSSR count). The van der Waals surface area contributed by atoms with Crippen LogP contribution >= 0.6 is 11.8 Å². The van der Waals surface area contributed by atoms with E-state index in [1.807, 2.05) is 18.7 Å². The average Bonchev–Trinajstić information content (AvgIpc) is 2.04. The van der Waals surface area contributed by atoms with Crippen molar-refractivity contribution in [2.45, 2.75) is 26.3 Å². The third kappa shape index (κ3) is 8.17. The van der Waals surface area contributed by atoms with Gasteiger partial charge in [-0.3, -0.25) is 0 Å². The molecule has 0 aromatic carbocycles. The van der Waals surface area contributed by atoms with Gasteiger partial charge in [0, 0.05) is 6.04 Å². The summed E-state index contributed by atoms with van der Waals surface area (Å²) in [7, 11) is 0. The summed E-state index contributed by atoms with van der Waals surface area (Å²) in [5.74, 6) is 2.43. The van der Waals surface area contributed by atoms with Gasteiger partial charge in [0.15, 0.2) is 0 Å². The standard InChI is InChI=1S/C8H19NOS/c1-3-11-6-4-5-9-8(2)7-10/h8-10H,3-7H2,1-2H3/t8-/m0/s1. The van der Waals surface area contributed by atoms with Crippen LogP contribution in [-0.4, -0.2) is 35.8 Å². The molecule has 0 heterocycles. The van der Waals surface area contributed by atoms with E-state index in [1.54, 1.807) is 0 Å². The van der Waals surface area contributed by atoms with Crippen LogP contribution in [0.15, 0.2) is 0 Å². The van der Waals surface area contributed by atoms with Crippen LogP contribution in [0.4, 0.5) is 0 Å². The first-order valence-electron chi connectivity index (χ1n) is 4.23. The number of aliphatic hydroxyl groups is 1. The van der Waals surface area contributed by atoms with Gasteiger partial charge in [0.2, 0.25) is 0 Å². The maximum absolute atomic E-state index is 8.67. The maximum Gasteiger partial charge on any atom is 0.0581 e. The van der Waals surface area contributed by atoms with E-state index >= 15 is 0 Å². The summed E-state index contributed by atoms with van der Waals surface area (Å²) < 4.78 is 0. The molecule has 0 aromatic rings. The van der Waals surface area contributed by atoms with Gasteiger partial charge in [0.25, 0.3) is 0 Å². The Labute approximate surface area is 73.8 Å². The van der Waals surface area contributed by atoms with Crippen LogP contribution in [0.2, 0.25) is 0 Å². The summed E-state index contributed by atoms with van der Waals surface area (Å²) in [4.78, 5) is 0. The molecule has 0 amide bonds. The van der Waals surface area contributed by atoms with Crippen molar-refractivity contribution in [1.82, 2.24) is 5.32 Å². The predicted molar refractivity (Wildman–Crippen MR) is 52.2 cm³/mol. The van der Waals surface area contributed by atoms with E-state index in [1.165, 1.54) is 17.9 Å². The van der Waals surface area contributed by atoms with E-state index < -0.39 is 0 Å². The zero-order valence-corrected chi connectivity index (χ0v) is 8.28. The second-order valence-electron chi connectivity index (χ2n) is 2.59. The molecule has 0 fully saturated rings. The van der Waals surface area contributed by atoms with Crippen molar-refractivity contribution in [3.8, 4) is 0 Å².